The lowest BCUT2D eigenvalue weighted by atomic mass is 9.80. The molecule has 0 radical (unpaired) electrons. The SMILES string of the molecule is CNC(C)CNC(=O)[C@@]12CCC[C@@H]1CNC2. The molecule has 1 aliphatic carbocycles. The lowest BCUT2D eigenvalue weighted by Gasteiger charge is -2.27. The maximum absolute atomic E-state index is 12.3. The molecule has 0 aromatic rings. The average molecular weight is 225 g/mol. The van der Waals surface area contributed by atoms with Crippen molar-refractivity contribution in [3.8, 4) is 0 Å². The van der Waals surface area contributed by atoms with Gasteiger partial charge in [-0.25, -0.2) is 0 Å². The average Bonchev–Trinajstić information content (AvgIpc) is 2.84. The van der Waals surface area contributed by atoms with E-state index in [2.05, 4.69) is 22.9 Å². The highest BCUT2D eigenvalue weighted by molar-refractivity contribution is 5.84. The minimum Gasteiger partial charge on any atom is -0.354 e. The molecule has 1 saturated carbocycles. The van der Waals surface area contributed by atoms with Crippen LogP contribution in [0.2, 0.25) is 0 Å². The van der Waals surface area contributed by atoms with Gasteiger partial charge in [-0.15, -0.1) is 0 Å². The van der Waals surface area contributed by atoms with Crippen LogP contribution in [0.25, 0.3) is 0 Å². The Morgan fingerprint density at radius 1 is 1.62 bits per heavy atom. The molecule has 0 aromatic heterocycles. The van der Waals surface area contributed by atoms with Gasteiger partial charge in [0.2, 0.25) is 5.91 Å². The second kappa shape index (κ2) is 4.72. The Kier molecular flexibility index (Phi) is 3.50. The molecule has 2 aliphatic rings. The van der Waals surface area contributed by atoms with Crippen LogP contribution in [-0.2, 0) is 4.79 Å². The van der Waals surface area contributed by atoms with Gasteiger partial charge in [0.25, 0.3) is 0 Å². The molecule has 0 bridgehead atoms. The van der Waals surface area contributed by atoms with Crippen molar-refractivity contribution >= 4 is 5.91 Å². The molecule has 3 N–H and O–H groups in total. The lowest BCUT2D eigenvalue weighted by molar-refractivity contribution is -0.131. The molecule has 1 aliphatic heterocycles. The number of nitrogens with one attached hydrogen (secondary N) is 3. The van der Waals surface area contributed by atoms with Gasteiger partial charge in [0.1, 0.15) is 0 Å². The van der Waals surface area contributed by atoms with Gasteiger partial charge < -0.3 is 16.0 Å². The van der Waals surface area contributed by atoms with E-state index < -0.39 is 0 Å². The van der Waals surface area contributed by atoms with Crippen LogP contribution >= 0.6 is 0 Å². The number of rotatable bonds is 4. The monoisotopic (exact) mass is 225 g/mol. The summed E-state index contributed by atoms with van der Waals surface area (Å²) in [7, 11) is 1.92. The van der Waals surface area contributed by atoms with Crippen molar-refractivity contribution in [3.05, 3.63) is 0 Å². The van der Waals surface area contributed by atoms with E-state index in [9.17, 15) is 4.79 Å². The molecular formula is C12H23N3O. The third kappa shape index (κ3) is 1.96. The zero-order chi connectivity index (χ0) is 11.6. The van der Waals surface area contributed by atoms with Gasteiger partial charge in [0.05, 0.1) is 5.41 Å². The fraction of sp³-hybridized carbons (Fsp3) is 0.917. The number of carbonyl (C=O) groups is 1. The third-order valence-electron chi connectivity index (χ3n) is 4.30. The molecule has 3 atom stereocenters. The molecule has 1 saturated heterocycles. The minimum atomic E-state index is -0.0898. The fourth-order valence-corrected chi connectivity index (χ4v) is 3.05. The zero-order valence-corrected chi connectivity index (χ0v) is 10.3. The summed E-state index contributed by atoms with van der Waals surface area (Å²) >= 11 is 0. The Hall–Kier alpha value is -0.610. The summed E-state index contributed by atoms with van der Waals surface area (Å²) in [5.74, 6) is 0.833. The van der Waals surface area contributed by atoms with Crippen LogP contribution in [0.15, 0.2) is 0 Å². The van der Waals surface area contributed by atoms with Crippen LogP contribution in [0.5, 0.6) is 0 Å². The largest absolute Gasteiger partial charge is 0.354 e. The van der Waals surface area contributed by atoms with E-state index in [-0.39, 0.29) is 11.3 Å². The van der Waals surface area contributed by atoms with Crippen molar-refractivity contribution in [2.45, 2.75) is 32.2 Å². The first kappa shape index (κ1) is 11.9. The Balaban J connectivity index is 1.93. The second-order valence-corrected chi connectivity index (χ2v) is 5.28. The van der Waals surface area contributed by atoms with E-state index >= 15 is 0 Å². The van der Waals surface area contributed by atoms with Crippen LogP contribution < -0.4 is 16.0 Å². The maximum atomic E-state index is 12.3. The molecule has 4 heteroatoms. The van der Waals surface area contributed by atoms with Crippen molar-refractivity contribution in [2.24, 2.45) is 11.3 Å². The quantitative estimate of drug-likeness (QED) is 0.636. The number of fused-ring (bicyclic) bond motifs is 1. The summed E-state index contributed by atoms with van der Waals surface area (Å²) in [6.07, 6.45) is 3.48. The first-order chi connectivity index (χ1) is 7.69. The van der Waals surface area contributed by atoms with Crippen molar-refractivity contribution in [3.63, 3.8) is 0 Å². The summed E-state index contributed by atoms with van der Waals surface area (Å²) in [6.45, 7) is 4.70. The van der Waals surface area contributed by atoms with E-state index in [1.807, 2.05) is 7.05 Å². The lowest BCUT2D eigenvalue weighted by Crippen LogP contribution is -2.47. The number of amides is 1. The zero-order valence-electron chi connectivity index (χ0n) is 10.3. The highest BCUT2D eigenvalue weighted by atomic mass is 16.2. The molecule has 2 rings (SSSR count). The van der Waals surface area contributed by atoms with E-state index in [0.717, 1.165) is 26.1 Å². The van der Waals surface area contributed by atoms with Gasteiger partial charge in [0, 0.05) is 19.1 Å². The molecule has 4 nitrogen and oxygen atoms in total. The van der Waals surface area contributed by atoms with Crippen LogP contribution in [-0.4, -0.2) is 38.6 Å². The van der Waals surface area contributed by atoms with Gasteiger partial charge in [-0.05, 0) is 39.3 Å². The van der Waals surface area contributed by atoms with Gasteiger partial charge in [-0.1, -0.05) is 6.42 Å². The molecule has 92 valence electrons. The van der Waals surface area contributed by atoms with Gasteiger partial charge in [0.15, 0.2) is 0 Å². The number of likely N-dealkylation sites (N-methyl/N-ethyl adjacent to an activating group) is 1. The van der Waals surface area contributed by atoms with Crippen molar-refractivity contribution < 1.29 is 4.79 Å². The fourth-order valence-electron chi connectivity index (χ4n) is 3.05. The predicted molar refractivity (Wildman–Crippen MR) is 64.2 cm³/mol. The van der Waals surface area contributed by atoms with E-state index in [4.69, 9.17) is 0 Å². The van der Waals surface area contributed by atoms with Crippen LogP contribution in [0, 0.1) is 11.3 Å². The smallest absolute Gasteiger partial charge is 0.227 e. The normalized spacial score (nSPS) is 34.8. The molecule has 0 spiro atoms. The summed E-state index contributed by atoms with van der Waals surface area (Å²) in [6, 6.07) is 0.342. The molecule has 1 heterocycles. The first-order valence-corrected chi connectivity index (χ1v) is 6.35. The summed E-state index contributed by atoms with van der Waals surface area (Å²) in [5.41, 5.74) is -0.0898. The second-order valence-electron chi connectivity index (χ2n) is 5.28. The van der Waals surface area contributed by atoms with Crippen molar-refractivity contribution in [1.82, 2.24) is 16.0 Å². The number of carbonyl (C=O) groups excluding carboxylic acids is 1. The van der Waals surface area contributed by atoms with Gasteiger partial charge in [-0.2, -0.15) is 0 Å². The standard InChI is InChI=1S/C12H23N3O/c1-9(13-2)6-15-11(16)12-5-3-4-10(12)7-14-8-12/h9-10,13-14H,3-8H2,1-2H3,(H,15,16)/t9?,10-,12-/m1/s1. The molecular weight excluding hydrogens is 202 g/mol. The minimum absolute atomic E-state index is 0.0898. The Morgan fingerprint density at radius 3 is 3.19 bits per heavy atom. The first-order valence-electron chi connectivity index (χ1n) is 6.35. The molecule has 0 aromatic carbocycles. The predicted octanol–water partition coefficient (Wildman–Crippen LogP) is 0.100. The Morgan fingerprint density at radius 2 is 2.44 bits per heavy atom. The van der Waals surface area contributed by atoms with E-state index in [0.29, 0.717) is 12.0 Å². The molecule has 1 unspecified atom stereocenters. The van der Waals surface area contributed by atoms with Crippen LogP contribution in [0.1, 0.15) is 26.2 Å². The van der Waals surface area contributed by atoms with E-state index in [1.165, 1.54) is 12.8 Å². The van der Waals surface area contributed by atoms with Gasteiger partial charge in [-0.3, -0.25) is 4.79 Å². The highest BCUT2D eigenvalue weighted by Crippen LogP contribution is 2.45. The van der Waals surface area contributed by atoms with Gasteiger partial charge >= 0.3 is 0 Å². The van der Waals surface area contributed by atoms with E-state index in [1.54, 1.807) is 0 Å². The van der Waals surface area contributed by atoms with Crippen LogP contribution in [0.3, 0.4) is 0 Å². The Labute approximate surface area is 97.6 Å². The topological polar surface area (TPSA) is 53.2 Å². The third-order valence-corrected chi connectivity index (χ3v) is 4.30. The number of hydrogen-bond acceptors (Lipinski definition) is 3. The van der Waals surface area contributed by atoms with Crippen molar-refractivity contribution in [1.29, 1.82) is 0 Å². The van der Waals surface area contributed by atoms with Crippen molar-refractivity contribution in [2.75, 3.05) is 26.7 Å². The summed E-state index contributed by atoms with van der Waals surface area (Å²) < 4.78 is 0. The molecule has 2 fully saturated rings. The summed E-state index contributed by atoms with van der Waals surface area (Å²) in [4.78, 5) is 12.3. The molecule has 1 amide bonds. The van der Waals surface area contributed by atoms with Crippen LogP contribution in [0.4, 0.5) is 0 Å². The molecule has 16 heavy (non-hydrogen) atoms. The number of hydrogen-bond donors (Lipinski definition) is 3. The Bertz CT molecular complexity index is 257. The highest BCUT2D eigenvalue weighted by Gasteiger charge is 2.51. The maximum Gasteiger partial charge on any atom is 0.227 e. The summed E-state index contributed by atoms with van der Waals surface area (Å²) in [5, 5.41) is 9.61.